The van der Waals surface area contributed by atoms with E-state index >= 15 is 0 Å². The van der Waals surface area contributed by atoms with Crippen LogP contribution in [0.5, 0.6) is 5.75 Å². The Balaban J connectivity index is 1.55. The largest absolute Gasteiger partial charge is 0.495 e. The Kier molecular flexibility index (Phi) is 7.79. The topological polar surface area (TPSA) is 71.9 Å². The number of benzene rings is 3. The van der Waals surface area contributed by atoms with Crippen LogP contribution in [-0.4, -0.2) is 32.0 Å². The number of hydrogen-bond acceptors (Lipinski definition) is 3. The molecule has 0 fully saturated rings. The van der Waals surface area contributed by atoms with Gasteiger partial charge >= 0.3 is 0 Å². The second kappa shape index (κ2) is 10.9. The van der Waals surface area contributed by atoms with Gasteiger partial charge in [0.2, 0.25) is 0 Å². The second-order valence-corrected chi connectivity index (χ2v) is 7.22. The summed E-state index contributed by atoms with van der Waals surface area (Å²) in [6.07, 6.45) is 0. The predicted octanol–water partition coefficient (Wildman–Crippen LogP) is 2.99. The molecule has 0 saturated carbocycles. The normalized spacial score (nSPS) is 11.4. The summed E-state index contributed by atoms with van der Waals surface area (Å²) in [5.41, 5.74) is 2.97. The number of hydrogen-bond donors (Lipinski definition) is 3. The predicted molar refractivity (Wildman–Crippen MR) is 123 cm³/mol. The van der Waals surface area contributed by atoms with Crippen molar-refractivity contribution in [3.63, 3.8) is 0 Å². The Morgan fingerprint density at radius 1 is 0.871 bits per heavy atom. The smallest absolute Gasteiger partial charge is 0.279 e. The summed E-state index contributed by atoms with van der Waals surface area (Å²) in [7, 11) is 1.56. The summed E-state index contributed by atoms with van der Waals surface area (Å²) < 4.78 is 5.26. The Hall–Kier alpha value is -3.64. The van der Waals surface area contributed by atoms with Gasteiger partial charge in [-0.3, -0.25) is 9.59 Å². The van der Waals surface area contributed by atoms with E-state index in [1.165, 1.54) is 10.5 Å². The molecule has 0 heterocycles. The van der Waals surface area contributed by atoms with E-state index in [0.29, 0.717) is 29.2 Å². The third-order valence-electron chi connectivity index (χ3n) is 4.99. The SMILES string of the molecule is CC[NH+](CC(=O)Nc1ccc(C(=O)Nc2ccccc2OC)cc1)Cc1ccccc1. The fourth-order valence-electron chi connectivity index (χ4n) is 3.28. The second-order valence-electron chi connectivity index (χ2n) is 7.22. The quantitative estimate of drug-likeness (QED) is 0.500. The number of para-hydroxylation sites is 2. The van der Waals surface area contributed by atoms with Crippen molar-refractivity contribution in [2.45, 2.75) is 13.5 Å². The summed E-state index contributed by atoms with van der Waals surface area (Å²) in [4.78, 5) is 26.2. The maximum absolute atomic E-state index is 12.5. The summed E-state index contributed by atoms with van der Waals surface area (Å²) in [6, 6.07) is 24.2. The van der Waals surface area contributed by atoms with Gasteiger partial charge in [0.05, 0.1) is 19.3 Å². The molecular weight excluding hydrogens is 390 g/mol. The molecule has 0 saturated heterocycles. The van der Waals surface area contributed by atoms with Crippen molar-refractivity contribution in [2.75, 3.05) is 30.8 Å². The molecule has 6 nitrogen and oxygen atoms in total. The lowest BCUT2D eigenvalue weighted by atomic mass is 10.2. The van der Waals surface area contributed by atoms with Crippen LogP contribution in [0, 0.1) is 0 Å². The van der Waals surface area contributed by atoms with Crippen molar-refractivity contribution in [1.29, 1.82) is 0 Å². The number of methoxy groups -OCH3 is 1. The van der Waals surface area contributed by atoms with Crippen molar-refractivity contribution in [3.8, 4) is 5.75 Å². The Labute approximate surface area is 182 Å². The molecule has 3 aromatic rings. The molecule has 1 atom stereocenters. The Morgan fingerprint density at radius 2 is 1.55 bits per heavy atom. The zero-order valence-electron chi connectivity index (χ0n) is 17.9. The number of carbonyl (C=O) groups excluding carboxylic acids is 2. The molecule has 3 rings (SSSR count). The molecule has 0 spiro atoms. The van der Waals surface area contributed by atoms with Crippen LogP contribution in [0.25, 0.3) is 0 Å². The van der Waals surface area contributed by atoms with Crippen molar-refractivity contribution < 1.29 is 19.2 Å². The number of rotatable bonds is 9. The van der Waals surface area contributed by atoms with E-state index < -0.39 is 0 Å². The first kappa shape index (κ1) is 22.1. The lowest BCUT2D eigenvalue weighted by Gasteiger charge is -2.17. The molecule has 0 radical (unpaired) electrons. The van der Waals surface area contributed by atoms with Gasteiger partial charge in [-0.15, -0.1) is 0 Å². The van der Waals surface area contributed by atoms with Crippen LogP contribution in [0.2, 0.25) is 0 Å². The van der Waals surface area contributed by atoms with Crippen LogP contribution < -0.4 is 20.3 Å². The Bertz CT molecular complexity index is 1000. The molecule has 6 heteroatoms. The van der Waals surface area contributed by atoms with E-state index in [4.69, 9.17) is 4.74 Å². The summed E-state index contributed by atoms with van der Waals surface area (Å²) in [5.74, 6) is 0.295. The van der Waals surface area contributed by atoms with E-state index in [1.54, 1.807) is 43.5 Å². The number of likely N-dealkylation sites (N-methyl/N-ethyl adjacent to an activating group) is 1. The molecule has 160 valence electrons. The van der Waals surface area contributed by atoms with Crippen LogP contribution >= 0.6 is 0 Å². The first-order chi connectivity index (χ1) is 15.1. The highest BCUT2D eigenvalue weighted by Crippen LogP contribution is 2.23. The molecule has 0 aromatic heterocycles. The first-order valence-electron chi connectivity index (χ1n) is 10.3. The minimum atomic E-state index is -0.244. The minimum Gasteiger partial charge on any atom is -0.495 e. The van der Waals surface area contributed by atoms with Gasteiger partial charge in [-0.25, -0.2) is 0 Å². The molecule has 0 bridgehead atoms. The molecule has 0 aliphatic heterocycles. The van der Waals surface area contributed by atoms with Gasteiger partial charge in [-0.05, 0) is 43.3 Å². The van der Waals surface area contributed by atoms with E-state index in [2.05, 4.69) is 29.7 Å². The molecular formula is C25H28N3O3+. The zero-order valence-corrected chi connectivity index (χ0v) is 17.9. The zero-order chi connectivity index (χ0) is 22.1. The van der Waals surface area contributed by atoms with E-state index in [9.17, 15) is 9.59 Å². The highest BCUT2D eigenvalue weighted by Gasteiger charge is 2.14. The molecule has 3 aromatic carbocycles. The number of carbonyl (C=O) groups is 2. The van der Waals surface area contributed by atoms with Gasteiger partial charge in [0.1, 0.15) is 12.3 Å². The third kappa shape index (κ3) is 6.42. The maximum Gasteiger partial charge on any atom is 0.279 e. The molecule has 31 heavy (non-hydrogen) atoms. The average Bonchev–Trinajstić information content (AvgIpc) is 2.80. The van der Waals surface area contributed by atoms with Crippen molar-refractivity contribution >= 4 is 23.2 Å². The molecule has 2 amide bonds. The van der Waals surface area contributed by atoms with Gasteiger partial charge < -0.3 is 20.3 Å². The molecule has 3 N–H and O–H groups in total. The number of quaternary nitrogens is 1. The lowest BCUT2D eigenvalue weighted by molar-refractivity contribution is -0.903. The lowest BCUT2D eigenvalue weighted by Crippen LogP contribution is -3.11. The van der Waals surface area contributed by atoms with Gasteiger partial charge in [0, 0.05) is 16.8 Å². The molecule has 1 unspecified atom stereocenters. The first-order valence-corrected chi connectivity index (χ1v) is 10.3. The number of anilines is 2. The van der Waals surface area contributed by atoms with Gasteiger partial charge in [-0.1, -0.05) is 42.5 Å². The van der Waals surface area contributed by atoms with Crippen molar-refractivity contribution in [1.82, 2.24) is 0 Å². The monoisotopic (exact) mass is 418 g/mol. The molecule has 0 aliphatic carbocycles. The van der Waals surface area contributed by atoms with Crippen LogP contribution in [0.3, 0.4) is 0 Å². The van der Waals surface area contributed by atoms with Crippen molar-refractivity contribution in [3.05, 3.63) is 90.0 Å². The van der Waals surface area contributed by atoms with Gasteiger partial charge in [0.25, 0.3) is 11.8 Å². The average molecular weight is 419 g/mol. The summed E-state index contributed by atoms with van der Waals surface area (Å²) in [6.45, 7) is 4.10. The number of nitrogens with one attached hydrogen (secondary N) is 3. The molecule has 0 aliphatic rings. The van der Waals surface area contributed by atoms with Crippen LogP contribution in [-0.2, 0) is 11.3 Å². The standard InChI is InChI=1S/C25H27N3O3/c1-3-28(17-19-9-5-4-6-10-19)18-24(29)26-21-15-13-20(14-16-21)25(30)27-22-11-7-8-12-23(22)31-2/h4-16H,3,17-18H2,1-2H3,(H,26,29)(H,27,30)/p+1. The Morgan fingerprint density at radius 3 is 2.23 bits per heavy atom. The summed E-state index contributed by atoms with van der Waals surface area (Å²) in [5, 5.41) is 5.76. The van der Waals surface area contributed by atoms with Crippen molar-refractivity contribution in [2.24, 2.45) is 0 Å². The summed E-state index contributed by atoms with van der Waals surface area (Å²) >= 11 is 0. The van der Waals surface area contributed by atoms with Crippen LogP contribution in [0.15, 0.2) is 78.9 Å². The third-order valence-corrected chi connectivity index (χ3v) is 4.99. The van der Waals surface area contributed by atoms with Crippen LogP contribution in [0.4, 0.5) is 11.4 Å². The van der Waals surface area contributed by atoms with Gasteiger partial charge in [-0.2, -0.15) is 0 Å². The van der Waals surface area contributed by atoms with E-state index in [0.717, 1.165) is 13.1 Å². The highest BCUT2D eigenvalue weighted by molar-refractivity contribution is 6.05. The fraction of sp³-hybridized carbons (Fsp3) is 0.200. The number of ether oxygens (including phenoxy) is 1. The highest BCUT2D eigenvalue weighted by atomic mass is 16.5. The fourth-order valence-corrected chi connectivity index (χ4v) is 3.28. The van der Waals surface area contributed by atoms with Gasteiger partial charge in [0.15, 0.2) is 6.54 Å². The van der Waals surface area contributed by atoms with E-state index in [1.807, 2.05) is 30.3 Å². The maximum atomic E-state index is 12.5. The number of amides is 2. The minimum absolute atomic E-state index is 0.0565. The van der Waals surface area contributed by atoms with Crippen LogP contribution in [0.1, 0.15) is 22.8 Å². The van der Waals surface area contributed by atoms with E-state index in [-0.39, 0.29) is 11.8 Å².